The van der Waals surface area contributed by atoms with E-state index in [-0.39, 0.29) is 0 Å². The Labute approximate surface area is 182 Å². The van der Waals surface area contributed by atoms with Gasteiger partial charge in [0, 0.05) is 30.1 Å². The van der Waals surface area contributed by atoms with Crippen molar-refractivity contribution in [1.29, 1.82) is 0 Å². The van der Waals surface area contributed by atoms with Gasteiger partial charge in [0.05, 0.1) is 0 Å². The van der Waals surface area contributed by atoms with E-state index in [9.17, 15) is 14.4 Å². The molecule has 27 heavy (non-hydrogen) atoms. The molecule has 0 N–H and O–H groups in total. The fourth-order valence-corrected chi connectivity index (χ4v) is 2.80. The van der Waals surface area contributed by atoms with Gasteiger partial charge in [0.15, 0.2) is 0 Å². The van der Waals surface area contributed by atoms with Crippen molar-refractivity contribution in [3.63, 3.8) is 0 Å². The minimum Gasteiger partial charge on any atom is -0.298 e. The van der Waals surface area contributed by atoms with Crippen molar-refractivity contribution in [3.8, 4) is 0 Å². The van der Waals surface area contributed by atoms with Crippen molar-refractivity contribution in [1.82, 2.24) is 0 Å². The average Bonchev–Trinajstić information content (AvgIpc) is 2.69. The molecule has 6 heteroatoms. The fourth-order valence-electron chi connectivity index (χ4n) is 2.01. The molecule has 0 saturated carbocycles. The largest absolute Gasteiger partial charge is 0.298 e. The Bertz CT molecular complexity index is 876. The number of Topliss-reactive ketones (excluding diaryl/α,β-unsaturated/α-hetero) is 2. The lowest BCUT2D eigenvalue weighted by atomic mass is 10.0. The van der Waals surface area contributed by atoms with E-state index in [1.54, 1.807) is 60.7 Å². The number of hydrogen-bond donors (Lipinski definition) is 0. The van der Waals surface area contributed by atoms with Crippen LogP contribution in [0.3, 0.4) is 0 Å². The number of benzene rings is 3. The topological polar surface area (TPSA) is 51.2 Å². The molecule has 3 rings (SSSR count). The molecule has 0 amide bonds. The highest BCUT2D eigenvalue weighted by Crippen LogP contribution is 2.15. The molecule has 3 nitrogen and oxygen atoms in total. The number of hydrogen-bond acceptors (Lipinski definition) is 3. The third kappa shape index (κ3) is 6.65. The van der Waals surface area contributed by atoms with Crippen LogP contribution in [-0.2, 0) is 0 Å². The van der Waals surface area contributed by atoms with Crippen LogP contribution in [0, 0.1) is 0 Å². The van der Waals surface area contributed by atoms with Crippen LogP contribution in [0.15, 0.2) is 86.2 Å². The first-order valence-corrected chi connectivity index (χ1v) is 10.1. The molecule has 0 heterocycles. The second-order valence-corrected chi connectivity index (χ2v) is 8.09. The van der Waals surface area contributed by atoms with Gasteiger partial charge < -0.3 is 0 Å². The van der Waals surface area contributed by atoms with E-state index in [1.807, 2.05) is 12.1 Å². The molecule has 3 aromatic carbocycles. The van der Waals surface area contributed by atoms with E-state index in [0.717, 1.165) is 19.7 Å². The number of aldehydes is 1. The Hall–Kier alpha value is -1.89. The molecule has 0 radical (unpaired) electrons. The highest BCUT2D eigenvalue weighted by molar-refractivity contribution is 9.11. The SMILES string of the molecule is O=C(C(=O)c1ccc(Br)cc1)c1ccc(Br)cc1.O=Cc1ccc(Br)cc1. The van der Waals surface area contributed by atoms with Crippen LogP contribution >= 0.6 is 47.8 Å². The standard InChI is InChI=1S/C14H8Br2O2.C7H5BrO/c15-11-5-1-9(2-6-11)13(17)14(18)10-3-7-12(16)8-4-10;8-7-3-1-6(5-9)2-4-7/h1-8H;1-5H. The van der Waals surface area contributed by atoms with Gasteiger partial charge in [-0.15, -0.1) is 0 Å². The predicted octanol–water partition coefficient (Wildman–Crippen LogP) is 6.54. The third-order valence-electron chi connectivity index (χ3n) is 3.43. The van der Waals surface area contributed by atoms with Crippen molar-refractivity contribution in [3.05, 3.63) is 103 Å². The zero-order valence-corrected chi connectivity index (χ0v) is 18.6. The summed E-state index contributed by atoms with van der Waals surface area (Å²) in [6.45, 7) is 0. The minimum absolute atomic E-state index is 0.395. The summed E-state index contributed by atoms with van der Waals surface area (Å²) < 4.78 is 2.73. The van der Waals surface area contributed by atoms with Crippen LogP contribution in [0.25, 0.3) is 0 Å². The molecule has 0 aliphatic rings. The van der Waals surface area contributed by atoms with Gasteiger partial charge in [0.25, 0.3) is 0 Å². The van der Waals surface area contributed by atoms with Gasteiger partial charge in [-0.1, -0.05) is 59.9 Å². The Morgan fingerprint density at radius 3 is 1.15 bits per heavy atom. The molecule has 136 valence electrons. The molecule has 0 aliphatic heterocycles. The second kappa shape index (κ2) is 10.4. The summed E-state index contributed by atoms with van der Waals surface area (Å²) in [5.74, 6) is -0.991. The number of halogens is 3. The van der Waals surface area contributed by atoms with Gasteiger partial charge >= 0.3 is 0 Å². The van der Waals surface area contributed by atoms with Crippen LogP contribution in [-0.4, -0.2) is 17.9 Å². The number of carbonyl (C=O) groups excluding carboxylic acids is 3. The predicted molar refractivity (Wildman–Crippen MR) is 116 cm³/mol. The maximum atomic E-state index is 12.0. The highest BCUT2D eigenvalue weighted by Gasteiger charge is 2.17. The van der Waals surface area contributed by atoms with Crippen molar-refractivity contribution < 1.29 is 14.4 Å². The molecule has 0 aromatic heterocycles. The van der Waals surface area contributed by atoms with Crippen molar-refractivity contribution >= 4 is 65.6 Å². The zero-order chi connectivity index (χ0) is 19.8. The van der Waals surface area contributed by atoms with E-state index < -0.39 is 11.6 Å². The Morgan fingerprint density at radius 2 is 0.852 bits per heavy atom. The lowest BCUT2D eigenvalue weighted by Gasteiger charge is -2.01. The molecule has 3 aromatic rings. The molecule has 0 saturated heterocycles. The molecular formula is C21H13Br3O3. The molecular weight excluding hydrogens is 540 g/mol. The van der Waals surface area contributed by atoms with Crippen LogP contribution in [0.1, 0.15) is 31.1 Å². The summed E-state index contributed by atoms with van der Waals surface area (Å²) in [6.07, 6.45) is 0.826. The van der Waals surface area contributed by atoms with Crippen LogP contribution < -0.4 is 0 Å². The first-order valence-electron chi connectivity index (χ1n) is 7.71. The maximum Gasteiger partial charge on any atom is 0.233 e. The molecule has 0 fully saturated rings. The normalized spacial score (nSPS) is 9.74. The summed E-state index contributed by atoms with van der Waals surface area (Å²) in [6, 6.07) is 20.7. The lowest BCUT2D eigenvalue weighted by Crippen LogP contribution is -2.14. The number of carbonyl (C=O) groups is 3. The minimum atomic E-state index is -0.496. The van der Waals surface area contributed by atoms with E-state index in [0.29, 0.717) is 16.7 Å². The third-order valence-corrected chi connectivity index (χ3v) is 5.01. The van der Waals surface area contributed by atoms with Gasteiger partial charge in [-0.05, 0) is 60.7 Å². The van der Waals surface area contributed by atoms with Gasteiger partial charge in [0.1, 0.15) is 6.29 Å². The van der Waals surface area contributed by atoms with E-state index >= 15 is 0 Å². The Balaban J connectivity index is 0.000000244. The molecule has 0 aliphatic carbocycles. The fraction of sp³-hybridized carbons (Fsp3) is 0. The summed E-state index contributed by atoms with van der Waals surface area (Å²) >= 11 is 9.82. The van der Waals surface area contributed by atoms with Gasteiger partial charge in [-0.3, -0.25) is 14.4 Å². The van der Waals surface area contributed by atoms with Crippen LogP contribution in [0.2, 0.25) is 0 Å². The zero-order valence-electron chi connectivity index (χ0n) is 13.9. The van der Waals surface area contributed by atoms with Crippen molar-refractivity contribution in [2.75, 3.05) is 0 Å². The summed E-state index contributed by atoms with van der Waals surface area (Å²) in [5, 5.41) is 0. The van der Waals surface area contributed by atoms with Gasteiger partial charge in [-0.25, -0.2) is 0 Å². The van der Waals surface area contributed by atoms with E-state index in [2.05, 4.69) is 47.8 Å². The number of rotatable bonds is 4. The van der Waals surface area contributed by atoms with Crippen LogP contribution in [0.4, 0.5) is 0 Å². The average molecular weight is 553 g/mol. The van der Waals surface area contributed by atoms with Gasteiger partial charge in [0.2, 0.25) is 11.6 Å². The summed E-state index contributed by atoms with van der Waals surface area (Å²) in [4.78, 5) is 34.0. The van der Waals surface area contributed by atoms with Crippen molar-refractivity contribution in [2.24, 2.45) is 0 Å². The van der Waals surface area contributed by atoms with Gasteiger partial charge in [-0.2, -0.15) is 0 Å². The first-order chi connectivity index (χ1) is 12.9. The molecule has 0 atom stereocenters. The highest BCUT2D eigenvalue weighted by atomic mass is 79.9. The smallest absolute Gasteiger partial charge is 0.233 e. The number of ketones is 2. The monoisotopic (exact) mass is 550 g/mol. The Morgan fingerprint density at radius 1 is 0.556 bits per heavy atom. The quantitative estimate of drug-likeness (QED) is 0.210. The van der Waals surface area contributed by atoms with E-state index in [1.165, 1.54) is 0 Å². The molecule has 0 unspecified atom stereocenters. The summed E-state index contributed by atoms with van der Waals surface area (Å²) in [5.41, 5.74) is 1.50. The van der Waals surface area contributed by atoms with Crippen molar-refractivity contribution in [2.45, 2.75) is 0 Å². The Kier molecular flexibility index (Phi) is 8.28. The van der Waals surface area contributed by atoms with Crippen LogP contribution in [0.5, 0.6) is 0 Å². The lowest BCUT2D eigenvalue weighted by molar-refractivity contribution is 0.0817. The molecule has 0 spiro atoms. The molecule has 0 bridgehead atoms. The summed E-state index contributed by atoms with van der Waals surface area (Å²) in [7, 11) is 0. The van der Waals surface area contributed by atoms with E-state index in [4.69, 9.17) is 0 Å². The maximum absolute atomic E-state index is 12.0. The first kappa shape index (κ1) is 21.4. The second-order valence-electron chi connectivity index (χ2n) is 5.34.